The number of allylic oxidation sites excluding steroid dienone is 2. The molecule has 4 rings (SSSR count). The summed E-state index contributed by atoms with van der Waals surface area (Å²) < 4.78 is 27.6. The van der Waals surface area contributed by atoms with E-state index in [0.717, 1.165) is 18.7 Å². The third kappa shape index (κ3) is 4.37. The first-order chi connectivity index (χ1) is 13.9. The Morgan fingerprint density at radius 2 is 1.83 bits per heavy atom. The molecule has 0 radical (unpaired) electrons. The molecule has 0 aliphatic carbocycles. The van der Waals surface area contributed by atoms with Crippen LogP contribution >= 0.6 is 0 Å². The minimum Gasteiger partial charge on any atom is -0.372 e. The van der Waals surface area contributed by atoms with Crippen molar-refractivity contribution in [1.82, 2.24) is 9.80 Å². The number of benzene rings is 1. The zero-order valence-electron chi connectivity index (χ0n) is 16.6. The van der Waals surface area contributed by atoms with E-state index in [2.05, 4.69) is 33.6 Å². The Morgan fingerprint density at radius 1 is 1.10 bits per heavy atom. The van der Waals surface area contributed by atoms with E-state index >= 15 is 0 Å². The van der Waals surface area contributed by atoms with Crippen LogP contribution in [0.3, 0.4) is 0 Å². The summed E-state index contributed by atoms with van der Waals surface area (Å²) in [6.45, 7) is 2.95. The largest absolute Gasteiger partial charge is 0.372 e. The zero-order valence-corrected chi connectivity index (χ0v) is 17.4. The SMILES string of the molecule is CN(Cc1ccc(N2CCCCC2)cc1)C(=O)C1=CC=CN2CCS(=O)(=O)N=C12. The van der Waals surface area contributed by atoms with Crippen LogP contribution in [-0.4, -0.2) is 62.4 Å². The van der Waals surface area contributed by atoms with E-state index in [9.17, 15) is 13.2 Å². The maximum absolute atomic E-state index is 13.0. The summed E-state index contributed by atoms with van der Waals surface area (Å²) in [5, 5.41) is 0. The summed E-state index contributed by atoms with van der Waals surface area (Å²) in [6, 6.07) is 8.33. The van der Waals surface area contributed by atoms with Crippen molar-refractivity contribution in [1.29, 1.82) is 0 Å². The van der Waals surface area contributed by atoms with Crippen molar-refractivity contribution in [3.63, 3.8) is 0 Å². The average Bonchev–Trinajstić information content (AvgIpc) is 2.73. The number of amidine groups is 1. The monoisotopic (exact) mass is 414 g/mol. The molecule has 0 spiro atoms. The van der Waals surface area contributed by atoms with Crippen LogP contribution in [0.15, 0.2) is 52.6 Å². The lowest BCUT2D eigenvalue weighted by molar-refractivity contribution is -0.125. The van der Waals surface area contributed by atoms with Crippen LogP contribution < -0.4 is 4.90 Å². The highest BCUT2D eigenvalue weighted by molar-refractivity contribution is 7.90. The van der Waals surface area contributed by atoms with Crippen molar-refractivity contribution in [3.05, 3.63) is 53.8 Å². The van der Waals surface area contributed by atoms with Gasteiger partial charge in [0.05, 0.1) is 11.3 Å². The number of rotatable bonds is 4. The number of anilines is 1. The predicted molar refractivity (Wildman–Crippen MR) is 114 cm³/mol. The molecule has 1 fully saturated rings. The second-order valence-corrected chi connectivity index (χ2v) is 9.45. The molecule has 0 N–H and O–H groups in total. The van der Waals surface area contributed by atoms with Crippen LogP contribution in [0.25, 0.3) is 0 Å². The van der Waals surface area contributed by atoms with Crippen LogP contribution in [0.1, 0.15) is 24.8 Å². The number of sulfonamides is 1. The van der Waals surface area contributed by atoms with E-state index in [-0.39, 0.29) is 17.5 Å². The molecule has 1 aromatic rings. The fraction of sp³-hybridized carbons (Fsp3) is 0.429. The molecule has 7 nitrogen and oxygen atoms in total. The van der Waals surface area contributed by atoms with E-state index in [0.29, 0.717) is 18.7 Å². The molecule has 0 atom stereocenters. The molecule has 0 saturated carbocycles. The smallest absolute Gasteiger partial charge is 0.257 e. The van der Waals surface area contributed by atoms with Gasteiger partial charge in [0.25, 0.3) is 15.9 Å². The summed E-state index contributed by atoms with van der Waals surface area (Å²) in [7, 11) is -1.80. The lowest BCUT2D eigenvalue weighted by atomic mass is 10.1. The van der Waals surface area contributed by atoms with Gasteiger partial charge in [-0.15, -0.1) is 4.40 Å². The van der Waals surface area contributed by atoms with Gasteiger partial charge < -0.3 is 14.7 Å². The molecule has 1 aromatic carbocycles. The predicted octanol–water partition coefficient (Wildman–Crippen LogP) is 2.13. The fourth-order valence-corrected chi connectivity index (χ4v) is 4.88. The molecular weight excluding hydrogens is 388 g/mol. The first kappa shape index (κ1) is 19.7. The number of nitrogens with zero attached hydrogens (tertiary/aromatic N) is 4. The summed E-state index contributed by atoms with van der Waals surface area (Å²) in [5.41, 5.74) is 2.56. The second-order valence-electron chi connectivity index (χ2n) is 7.69. The Bertz CT molecular complexity index is 974. The number of amides is 1. The minimum atomic E-state index is -3.52. The average molecular weight is 415 g/mol. The molecule has 3 aliphatic rings. The van der Waals surface area contributed by atoms with E-state index < -0.39 is 10.0 Å². The third-order valence-electron chi connectivity index (χ3n) is 5.51. The fourth-order valence-electron chi connectivity index (χ4n) is 3.90. The number of fused-ring (bicyclic) bond motifs is 1. The molecule has 0 aromatic heterocycles. The molecular formula is C21H26N4O3S. The van der Waals surface area contributed by atoms with E-state index in [4.69, 9.17) is 0 Å². The van der Waals surface area contributed by atoms with Crippen LogP contribution in [0.5, 0.6) is 0 Å². The van der Waals surface area contributed by atoms with Gasteiger partial charge >= 0.3 is 0 Å². The topological polar surface area (TPSA) is 73.3 Å². The first-order valence-electron chi connectivity index (χ1n) is 10.0. The van der Waals surface area contributed by atoms with Gasteiger partial charge in [-0.3, -0.25) is 4.79 Å². The molecule has 1 amide bonds. The maximum Gasteiger partial charge on any atom is 0.257 e. The number of likely N-dealkylation sites (N-methyl/N-ethyl adjacent to an activating group) is 1. The van der Waals surface area contributed by atoms with E-state index in [1.807, 2.05) is 0 Å². The number of carbonyl (C=O) groups is 1. The molecule has 0 bridgehead atoms. The number of hydrogen-bond acceptors (Lipinski definition) is 5. The van der Waals surface area contributed by atoms with Crippen molar-refractivity contribution in [2.24, 2.45) is 4.40 Å². The Balaban J connectivity index is 1.46. The Kier molecular flexibility index (Phi) is 5.45. The molecule has 3 heterocycles. The molecule has 1 saturated heterocycles. The third-order valence-corrected chi connectivity index (χ3v) is 6.66. The van der Waals surface area contributed by atoms with Crippen molar-refractivity contribution in [3.8, 4) is 0 Å². The van der Waals surface area contributed by atoms with Crippen LogP contribution in [0.2, 0.25) is 0 Å². The van der Waals surface area contributed by atoms with Crippen LogP contribution in [-0.2, 0) is 21.4 Å². The lowest BCUT2D eigenvalue weighted by Gasteiger charge is -2.30. The van der Waals surface area contributed by atoms with Gasteiger partial charge in [0.1, 0.15) is 0 Å². The summed E-state index contributed by atoms with van der Waals surface area (Å²) in [4.78, 5) is 18.7. The Labute approximate surface area is 172 Å². The molecule has 3 aliphatic heterocycles. The summed E-state index contributed by atoms with van der Waals surface area (Å²) in [6.07, 6.45) is 8.92. The Morgan fingerprint density at radius 3 is 2.55 bits per heavy atom. The number of piperidine rings is 1. The zero-order chi connectivity index (χ0) is 20.4. The first-order valence-corrected chi connectivity index (χ1v) is 11.6. The highest BCUT2D eigenvalue weighted by atomic mass is 32.2. The van der Waals surface area contributed by atoms with Crippen LogP contribution in [0, 0.1) is 0 Å². The van der Waals surface area contributed by atoms with Crippen molar-refractivity contribution in [2.75, 3.05) is 37.3 Å². The molecule has 8 heteroatoms. The summed E-state index contributed by atoms with van der Waals surface area (Å²) in [5.74, 6) is -0.0621. The highest BCUT2D eigenvalue weighted by Crippen LogP contribution is 2.22. The summed E-state index contributed by atoms with van der Waals surface area (Å²) >= 11 is 0. The molecule has 0 unspecified atom stereocenters. The van der Waals surface area contributed by atoms with Gasteiger partial charge in [0, 0.05) is 45.1 Å². The van der Waals surface area contributed by atoms with Gasteiger partial charge in [-0.25, -0.2) is 8.42 Å². The van der Waals surface area contributed by atoms with Crippen molar-refractivity contribution < 1.29 is 13.2 Å². The number of hydrogen-bond donors (Lipinski definition) is 0. The second kappa shape index (κ2) is 8.02. The van der Waals surface area contributed by atoms with E-state index in [1.165, 1.54) is 24.9 Å². The maximum atomic E-state index is 13.0. The van der Waals surface area contributed by atoms with Crippen LogP contribution in [0.4, 0.5) is 5.69 Å². The van der Waals surface area contributed by atoms with Crippen molar-refractivity contribution >= 4 is 27.5 Å². The van der Waals surface area contributed by atoms with Gasteiger partial charge in [-0.1, -0.05) is 12.1 Å². The minimum absolute atomic E-state index is 0.0402. The number of carbonyl (C=O) groups excluding carboxylic acids is 1. The van der Waals surface area contributed by atoms with Gasteiger partial charge in [0.2, 0.25) is 0 Å². The van der Waals surface area contributed by atoms with Crippen molar-refractivity contribution in [2.45, 2.75) is 25.8 Å². The quantitative estimate of drug-likeness (QED) is 0.755. The molecule has 29 heavy (non-hydrogen) atoms. The standard InChI is InChI=1S/C21H26N4O3S/c1-23(16-17-7-9-18(10-8-17)24-11-3-2-4-12-24)21(26)19-6-5-13-25-14-15-29(27,28)22-20(19)25/h5-10,13H,2-4,11-12,14-16H2,1H3. The van der Waals surface area contributed by atoms with Gasteiger partial charge in [-0.2, -0.15) is 0 Å². The normalized spacial score (nSPS) is 20.6. The van der Waals surface area contributed by atoms with Gasteiger partial charge in [-0.05, 0) is 49.1 Å². The lowest BCUT2D eigenvalue weighted by Crippen LogP contribution is -2.42. The van der Waals surface area contributed by atoms with E-state index in [1.54, 1.807) is 35.2 Å². The Hall–Kier alpha value is -2.61. The highest BCUT2D eigenvalue weighted by Gasteiger charge is 2.31. The molecule has 154 valence electrons. The van der Waals surface area contributed by atoms with Gasteiger partial charge in [0.15, 0.2) is 5.84 Å².